The number of nitrogens with one attached hydrogen (secondary N) is 2. The fraction of sp³-hybridized carbons (Fsp3) is 0.889. The van der Waals surface area contributed by atoms with Crippen LogP contribution in [0.25, 0.3) is 0 Å². The molecule has 0 aromatic carbocycles. The number of carbonyl (C=O) groups excluding carboxylic acids is 2. The van der Waals surface area contributed by atoms with Crippen LogP contribution in [-0.4, -0.2) is 54.7 Å². The van der Waals surface area contributed by atoms with Crippen LogP contribution in [-0.2, 0) is 9.53 Å². The van der Waals surface area contributed by atoms with Crippen LogP contribution < -0.4 is 10.6 Å². The molecule has 2 saturated carbocycles. The minimum atomic E-state index is -0.280. The Kier molecular flexibility index (Phi) is 4.41. The lowest BCUT2D eigenvalue weighted by Gasteiger charge is -2.40. The average Bonchev–Trinajstić information content (AvgIpc) is 3.12. The minimum absolute atomic E-state index is 0.0392. The van der Waals surface area contributed by atoms with Gasteiger partial charge in [0, 0.05) is 31.8 Å². The number of urea groups is 1. The molecule has 0 unspecified atom stereocenters. The first-order chi connectivity index (χ1) is 11.7. The van der Waals surface area contributed by atoms with Gasteiger partial charge in [0.05, 0.1) is 0 Å². The summed E-state index contributed by atoms with van der Waals surface area (Å²) in [6, 6.07) is 0.267. The summed E-state index contributed by atoms with van der Waals surface area (Å²) in [6.07, 6.45) is 9.37. The lowest BCUT2D eigenvalue weighted by molar-refractivity contribution is -0.124. The normalized spacial score (nSPS) is 32.1. The molecule has 2 aliphatic carbocycles. The first-order valence-electron chi connectivity index (χ1n) is 9.63. The van der Waals surface area contributed by atoms with Gasteiger partial charge in [-0.2, -0.15) is 0 Å². The van der Waals surface area contributed by atoms with E-state index in [1.807, 2.05) is 0 Å². The van der Waals surface area contributed by atoms with E-state index >= 15 is 0 Å². The van der Waals surface area contributed by atoms with E-state index in [0.717, 1.165) is 58.2 Å². The number of likely N-dealkylation sites (tertiary alicyclic amines) is 1. The van der Waals surface area contributed by atoms with Crippen molar-refractivity contribution in [1.29, 1.82) is 0 Å². The second kappa shape index (κ2) is 6.54. The predicted molar refractivity (Wildman–Crippen MR) is 89.5 cm³/mol. The molecule has 4 rings (SSSR count). The smallest absolute Gasteiger partial charge is 0.318 e. The monoisotopic (exact) mass is 335 g/mol. The highest BCUT2D eigenvalue weighted by atomic mass is 16.5. The van der Waals surface area contributed by atoms with Gasteiger partial charge in [-0.15, -0.1) is 0 Å². The second-order valence-corrected chi connectivity index (χ2v) is 8.00. The third-order valence-corrected chi connectivity index (χ3v) is 6.43. The maximum Gasteiger partial charge on any atom is 0.318 e. The number of nitrogens with zero attached hydrogens (tertiary/aromatic N) is 1. The van der Waals surface area contributed by atoms with Crippen molar-refractivity contribution < 1.29 is 14.3 Å². The van der Waals surface area contributed by atoms with Crippen molar-refractivity contribution in [3.8, 4) is 0 Å². The van der Waals surface area contributed by atoms with Gasteiger partial charge >= 0.3 is 6.03 Å². The van der Waals surface area contributed by atoms with Gasteiger partial charge in [-0.25, -0.2) is 4.79 Å². The maximum absolute atomic E-state index is 12.8. The van der Waals surface area contributed by atoms with Crippen LogP contribution in [0.3, 0.4) is 0 Å². The molecule has 6 nitrogen and oxygen atoms in total. The van der Waals surface area contributed by atoms with Crippen molar-refractivity contribution >= 4 is 11.9 Å². The Morgan fingerprint density at radius 1 is 0.958 bits per heavy atom. The molecule has 24 heavy (non-hydrogen) atoms. The summed E-state index contributed by atoms with van der Waals surface area (Å²) in [5.41, 5.74) is 0.222. The molecule has 1 spiro atoms. The topological polar surface area (TPSA) is 70.7 Å². The standard InChI is InChI=1S/C18H29N3O3/c22-16(19-13-5-6-13)14-3-2-10-21(14)17(23)20-15-4-1-7-18(15)8-11-24-12-9-18/h13-15H,1-12H2,(H,19,22)(H,20,23)/t14-,15+/m1/s1. The largest absolute Gasteiger partial charge is 0.381 e. The van der Waals surface area contributed by atoms with Gasteiger partial charge in [0.25, 0.3) is 0 Å². The Morgan fingerprint density at radius 2 is 1.75 bits per heavy atom. The molecule has 4 aliphatic rings. The van der Waals surface area contributed by atoms with Crippen molar-refractivity contribution in [3.63, 3.8) is 0 Å². The van der Waals surface area contributed by atoms with Gasteiger partial charge in [-0.1, -0.05) is 6.42 Å². The molecule has 2 heterocycles. The molecule has 6 heteroatoms. The minimum Gasteiger partial charge on any atom is -0.381 e. The van der Waals surface area contributed by atoms with Crippen molar-refractivity contribution in [2.24, 2.45) is 5.41 Å². The number of hydrogen-bond donors (Lipinski definition) is 2. The van der Waals surface area contributed by atoms with Gasteiger partial charge in [0.15, 0.2) is 0 Å². The molecule has 0 bridgehead atoms. The van der Waals surface area contributed by atoms with Crippen LogP contribution in [0, 0.1) is 5.41 Å². The highest BCUT2D eigenvalue weighted by Crippen LogP contribution is 2.46. The molecule has 2 atom stereocenters. The van der Waals surface area contributed by atoms with Crippen LogP contribution in [0.15, 0.2) is 0 Å². The van der Waals surface area contributed by atoms with Crippen LogP contribution in [0.4, 0.5) is 4.79 Å². The molecule has 4 fully saturated rings. The molecular formula is C18H29N3O3. The first-order valence-corrected chi connectivity index (χ1v) is 9.63. The van der Waals surface area contributed by atoms with Crippen molar-refractivity contribution in [2.75, 3.05) is 19.8 Å². The van der Waals surface area contributed by atoms with Gasteiger partial charge in [0.1, 0.15) is 6.04 Å². The van der Waals surface area contributed by atoms with E-state index in [0.29, 0.717) is 12.6 Å². The molecule has 134 valence electrons. The third-order valence-electron chi connectivity index (χ3n) is 6.43. The number of carbonyl (C=O) groups is 2. The fourth-order valence-electron chi connectivity index (χ4n) is 4.78. The molecule has 3 amide bonds. The molecule has 2 N–H and O–H groups in total. The zero-order valence-electron chi connectivity index (χ0n) is 14.4. The Balaban J connectivity index is 1.38. The highest BCUT2D eigenvalue weighted by molar-refractivity contribution is 5.88. The van der Waals surface area contributed by atoms with E-state index in [1.165, 1.54) is 12.8 Å². The molecule has 0 aromatic rings. The number of amides is 3. The molecule has 2 saturated heterocycles. The van der Waals surface area contributed by atoms with E-state index in [2.05, 4.69) is 10.6 Å². The van der Waals surface area contributed by atoms with E-state index in [1.54, 1.807) is 4.90 Å². The van der Waals surface area contributed by atoms with Crippen LogP contribution in [0.1, 0.15) is 57.8 Å². The molecule has 2 aliphatic heterocycles. The number of rotatable bonds is 3. The van der Waals surface area contributed by atoms with Crippen LogP contribution in [0.5, 0.6) is 0 Å². The van der Waals surface area contributed by atoms with Crippen molar-refractivity contribution in [1.82, 2.24) is 15.5 Å². The Morgan fingerprint density at radius 3 is 2.50 bits per heavy atom. The summed E-state index contributed by atoms with van der Waals surface area (Å²) in [5, 5.41) is 6.34. The SMILES string of the molecule is O=C(NC1CC1)[C@H]1CCCN1C(=O)N[C@H]1CCCC12CCOCC2. The molecular weight excluding hydrogens is 306 g/mol. The summed E-state index contributed by atoms with van der Waals surface area (Å²) in [7, 11) is 0. The maximum atomic E-state index is 12.8. The van der Waals surface area contributed by atoms with Crippen LogP contribution in [0.2, 0.25) is 0 Å². The second-order valence-electron chi connectivity index (χ2n) is 8.00. The fourth-order valence-corrected chi connectivity index (χ4v) is 4.78. The summed E-state index contributed by atoms with van der Waals surface area (Å²) in [6.45, 7) is 2.31. The van der Waals surface area contributed by atoms with E-state index in [4.69, 9.17) is 4.74 Å². The summed E-state index contributed by atoms with van der Waals surface area (Å²) < 4.78 is 5.52. The average molecular weight is 335 g/mol. The zero-order valence-corrected chi connectivity index (χ0v) is 14.4. The third kappa shape index (κ3) is 3.13. The van der Waals surface area contributed by atoms with Crippen molar-refractivity contribution in [3.05, 3.63) is 0 Å². The number of hydrogen-bond acceptors (Lipinski definition) is 3. The Hall–Kier alpha value is -1.30. The van der Waals surface area contributed by atoms with Crippen molar-refractivity contribution in [2.45, 2.75) is 75.9 Å². The predicted octanol–water partition coefficient (Wildman–Crippen LogP) is 1.79. The van der Waals surface area contributed by atoms with E-state index < -0.39 is 0 Å². The zero-order chi connectivity index (χ0) is 16.6. The lowest BCUT2D eigenvalue weighted by atomic mass is 9.75. The summed E-state index contributed by atoms with van der Waals surface area (Å²) >= 11 is 0. The first kappa shape index (κ1) is 16.2. The van der Waals surface area contributed by atoms with Gasteiger partial charge in [-0.05, 0) is 56.8 Å². The lowest BCUT2D eigenvalue weighted by Crippen LogP contribution is -2.54. The van der Waals surface area contributed by atoms with Crippen LogP contribution >= 0.6 is 0 Å². The van der Waals surface area contributed by atoms with Gasteiger partial charge in [0.2, 0.25) is 5.91 Å². The molecule has 0 radical (unpaired) electrons. The number of ether oxygens (including phenoxy) is 1. The highest BCUT2D eigenvalue weighted by Gasteiger charge is 2.46. The molecule has 0 aromatic heterocycles. The summed E-state index contributed by atoms with van der Waals surface area (Å²) in [5.74, 6) is 0.0392. The Labute approximate surface area is 143 Å². The quantitative estimate of drug-likeness (QED) is 0.826. The Bertz CT molecular complexity index is 500. The van der Waals surface area contributed by atoms with Gasteiger partial charge < -0.3 is 20.3 Å². The summed E-state index contributed by atoms with van der Waals surface area (Å²) in [4.78, 5) is 27.0. The van der Waals surface area contributed by atoms with E-state index in [9.17, 15) is 9.59 Å². The van der Waals surface area contributed by atoms with E-state index in [-0.39, 0.29) is 29.4 Å². The van der Waals surface area contributed by atoms with Gasteiger partial charge in [-0.3, -0.25) is 4.79 Å².